The summed E-state index contributed by atoms with van der Waals surface area (Å²) in [5.41, 5.74) is 0. The topological polar surface area (TPSA) is 29.5 Å². The molecule has 0 aliphatic carbocycles. The SMILES string of the molecule is CC(C)C(CCO)C1CCOC1. The molecule has 2 atom stereocenters. The molecule has 0 bridgehead atoms. The molecule has 2 heteroatoms. The van der Waals surface area contributed by atoms with E-state index in [0.29, 0.717) is 24.4 Å². The fourth-order valence-electron chi connectivity index (χ4n) is 2.15. The van der Waals surface area contributed by atoms with Crippen LogP contribution in [0.5, 0.6) is 0 Å². The third-order valence-electron chi connectivity index (χ3n) is 2.89. The number of ether oxygens (including phenoxy) is 1. The van der Waals surface area contributed by atoms with Crippen LogP contribution in [0.25, 0.3) is 0 Å². The van der Waals surface area contributed by atoms with Gasteiger partial charge in [0.05, 0.1) is 0 Å². The highest BCUT2D eigenvalue weighted by atomic mass is 16.5. The Labute approximate surface area is 74.9 Å². The van der Waals surface area contributed by atoms with Gasteiger partial charge in [-0.25, -0.2) is 0 Å². The van der Waals surface area contributed by atoms with Crippen LogP contribution in [0, 0.1) is 17.8 Å². The molecule has 0 saturated carbocycles. The first kappa shape index (κ1) is 10.0. The first-order valence-electron chi connectivity index (χ1n) is 4.94. The van der Waals surface area contributed by atoms with Gasteiger partial charge in [-0.15, -0.1) is 0 Å². The standard InChI is InChI=1S/C10H20O2/c1-8(2)10(3-5-11)9-4-6-12-7-9/h8-11H,3-7H2,1-2H3. The predicted octanol–water partition coefficient (Wildman–Crippen LogP) is 1.68. The Kier molecular flexibility index (Phi) is 4.02. The van der Waals surface area contributed by atoms with E-state index in [4.69, 9.17) is 9.84 Å². The summed E-state index contributed by atoms with van der Waals surface area (Å²) in [7, 11) is 0. The second kappa shape index (κ2) is 4.83. The fourth-order valence-corrected chi connectivity index (χ4v) is 2.15. The Morgan fingerprint density at radius 1 is 1.50 bits per heavy atom. The molecular formula is C10H20O2. The molecule has 1 aliphatic heterocycles. The van der Waals surface area contributed by atoms with E-state index < -0.39 is 0 Å². The van der Waals surface area contributed by atoms with Crippen molar-refractivity contribution in [2.45, 2.75) is 26.7 Å². The maximum absolute atomic E-state index is 8.91. The molecule has 12 heavy (non-hydrogen) atoms. The second-order valence-corrected chi connectivity index (χ2v) is 4.04. The Morgan fingerprint density at radius 2 is 2.25 bits per heavy atom. The van der Waals surface area contributed by atoms with Crippen LogP contribution >= 0.6 is 0 Å². The molecule has 0 amide bonds. The van der Waals surface area contributed by atoms with Crippen molar-refractivity contribution in [3.63, 3.8) is 0 Å². The van der Waals surface area contributed by atoms with Gasteiger partial charge in [0.2, 0.25) is 0 Å². The first-order valence-corrected chi connectivity index (χ1v) is 4.94. The summed E-state index contributed by atoms with van der Waals surface area (Å²) in [6, 6.07) is 0. The molecule has 0 spiro atoms. The number of aliphatic hydroxyl groups excluding tert-OH is 1. The lowest BCUT2D eigenvalue weighted by Crippen LogP contribution is -2.21. The third kappa shape index (κ3) is 2.46. The van der Waals surface area contributed by atoms with Gasteiger partial charge in [-0.3, -0.25) is 0 Å². The molecule has 0 aromatic heterocycles. The minimum Gasteiger partial charge on any atom is -0.396 e. The highest BCUT2D eigenvalue weighted by Crippen LogP contribution is 2.30. The average Bonchev–Trinajstić information content (AvgIpc) is 2.51. The van der Waals surface area contributed by atoms with E-state index in [1.165, 1.54) is 6.42 Å². The van der Waals surface area contributed by atoms with Crippen molar-refractivity contribution in [2.24, 2.45) is 17.8 Å². The van der Waals surface area contributed by atoms with Gasteiger partial charge in [-0.05, 0) is 30.6 Å². The van der Waals surface area contributed by atoms with Crippen molar-refractivity contribution in [3.05, 3.63) is 0 Å². The number of aliphatic hydroxyl groups is 1. The quantitative estimate of drug-likeness (QED) is 0.699. The summed E-state index contributed by atoms with van der Waals surface area (Å²) in [4.78, 5) is 0. The van der Waals surface area contributed by atoms with Crippen LogP contribution in [-0.4, -0.2) is 24.9 Å². The molecule has 1 heterocycles. The molecule has 0 aromatic carbocycles. The molecule has 1 aliphatic rings. The van der Waals surface area contributed by atoms with E-state index in [1.54, 1.807) is 0 Å². The summed E-state index contributed by atoms with van der Waals surface area (Å²) in [6.45, 7) is 6.61. The maximum atomic E-state index is 8.91. The summed E-state index contributed by atoms with van der Waals surface area (Å²) >= 11 is 0. The number of rotatable bonds is 4. The second-order valence-electron chi connectivity index (χ2n) is 4.04. The summed E-state index contributed by atoms with van der Waals surface area (Å²) in [5.74, 6) is 2.01. The number of hydrogen-bond acceptors (Lipinski definition) is 2. The van der Waals surface area contributed by atoms with Crippen LogP contribution in [0.4, 0.5) is 0 Å². The highest BCUT2D eigenvalue weighted by molar-refractivity contribution is 4.75. The van der Waals surface area contributed by atoms with Crippen molar-refractivity contribution < 1.29 is 9.84 Å². The lowest BCUT2D eigenvalue weighted by Gasteiger charge is -2.25. The highest BCUT2D eigenvalue weighted by Gasteiger charge is 2.27. The van der Waals surface area contributed by atoms with Gasteiger partial charge < -0.3 is 9.84 Å². The summed E-state index contributed by atoms with van der Waals surface area (Å²) in [5, 5.41) is 8.91. The molecule has 72 valence electrons. The molecule has 0 radical (unpaired) electrons. The van der Waals surface area contributed by atoms with Gasteiger partial charge in [0.1, 0.15) is 0 Å². The van der Waals surface area contributed by atoms with E-state index >= 15 is 0 Å². The molecule has 1 rings (SSSR count). The molecule has 1 N–H and O–H groups in total. The fraction of sp³-hybridized carbons (Fsp3) is 1.00. The Bertz CT molecular complexity index is 117. The molecule has 2 unspecified atom stereocenters. The van der Waals surface area contributed by atoms with Crippen molar-refractivity contribution in [2.75, 3.05) is 19.8 Å². The van der Waals surface area contributed by atoms with E-state index in [9.17, 15) is 0 Å². The van der Waals surface area contributed by atoms with Gasteiger partial charge in [-0.1, -0.05) is 13.8 Å². The van der Waals surface area contributed by atoms with Crippen LogP contribution in [0.15, 0.2) is 0 Å². The van der Waals surface area contributed by atoms with Crippen LogP contribution in [0.2, 0.25) is 0 Å². The van der Waals surface area contributed by atoms with Gasteiger partial charge in [0.15, 0.2) is 0 Å². The van der Waals surface area contributed by atoms with Gasteiger partial charge in [-0.2, -0.15) is 0 Å². The van der Waals surface area contributed by atoms with Crippen molar-refractivity contribution in [3.8, 4) is 0 Å². The average molecular weight is 172 g/mol. The van der Waals surface area contributed by atoms with Crippen molar-refractivity contribution >= 4 is 0 Å². The van der Waals surface area contributed by atoms with Crippen molar-refractivity contribution in [1.29, 1.82) is 0 Å². The summed E-state index contributed by atoms with van der Waals surface area (Å²) < 4.78 is 5.35. The predicted molar refractivity (Wildman–Crippen MR) is 49.0 cm³/mol. The van der Waals surface area contributed by atoms with Gasteiger partial charge in [0, 0.05) is 19.8 Å². The zero-order chi connectivity index (χ0) is 8.97. The van der Waals surface area contributed by atoms with Crippen LogP contribution in [0.3, 0.4) is 0 Å². The van der Waals surface area contributed by atoms with E-state index in [-0.39, 0.29) is 0 Å². The maximum Gasteiger partial charge on any atom is 0.0497 e. The normalized spacial score (nSPS) is 26.5. The lowest BCUT2D eigenvalue weighted by molar-refractivity contribution is 0.140. The van der Waals surface area contributed by atoms with E-state index in [1.807, 2.05) is 0 Å². The largest absolute Gasteiger partial charge is 0.396 e. The molecular weight excluding hydrogens is 152 g/mol. The Morgan fingerprint density at radius 3 is 2.67 bits per heavy atom. The van der Waals surface area contributed by atoms with E-state index in [2.05, 4.69) is 13.8 Å². The Hall–Kier alpha value is -0.0800. The monoisotopic (exact) mass is 172 g/mol. The Balaban J connectivity index is 2.40. The van der Waals surface area contributed by atoms with E-state index in [0.717, 1.165) is 19.6 Å². The minimum atomic E-state index is 0.319. The minimum absolute atomic E-state index is 0.319. The van der Waals surface area contributed by atoms with Crippen molar-refractivity contribution in [1.82, 2.24) is 0 Å². The van der Waals surface area contributed by atoms with Gasteiger partial charge >= 0.3 is 0 Å². The zero-order valence-corrected chi connectivity index (χ0v) is 8.12. The molecule has 1 saturated heterocycles. The zero-order valence-electron chi connectivity index (χ0n) is 8.12. The molecule has 0 aromatic rings. The lowest BCUT2D eigenvalue weighted by atomic mass is 9.81. The van der Waals surface area contributed by atoms with Crippen LogP contribution < -0.4 is 0 Å². The molecule has 2 nitrogen and oxygen atoms in total. The van der Waals surface area contributed by atoms with Crippen LogP contribution in [0.1, 0.15) is 26.7 Å². The first-order chi connectivity index (χ1) is 5.75. The summed E-state index contributed by atoms with van der Waals surface area (Å²) in [6.07, 6.45) is 2.12. The van der Waals surface area contributed by atoms with Gasteiger partial charge in [0.25, 0.3) is 0 Å². The number of hydrogen-bond donors (Lipinski definition) is 1. The van der Waals surface area contributed by atoms with Crippen LogP contribution in [-0.2, 0) is 4.74 Å². The third-order valence-corrected chi connectivity index (χ3v) is 2.89. The molecule has 1 fully saturated rings. The smallest absolute Gasteiger partial charge is 0.0497 e.